The van der Waals surface area contributed by atoms with Crippen molar-refractivity contribution in [2.24, 2.45) is 0 Å². The lowest BCUT2D eigenvalue weighted by Crippen LogP contribution is -2.39. The molecule has 2 amide bonds. The van der Waals surface area contributed by atoms with Crippen molar-refractivity contribution in [3.63, 3.8) is 0 Å². The van der Waals surface area contributed by atoms with E-state index >= 15 is 0 Å². The van der Waals surface area contributed by atoms with E-state index in [1.807, 2.05) is 12.1 Å². The van der Waals surface area contributed by atoms with Crippen LogP contribution in [-0.2, 0) is 32.1 Å². The van der Waals surface area contributed by atoms with Crippen LogP contribution in [0.1, 0.15) is 37.3 Å². The third-order valence-corrected chi connectivity index (χ3v) is 4.67. The molecular weight excluding hydrogens is 320 g/mol. The van der Waals surface area contributed by atoms with Crippen molar-refractivity contribution in [2.45, 2.75) is 45.2 Å². The van der Waals surface area contributed by atoms with Crippen molar-refractivity contribution in [2.75, 3.05) is 20.7 Å². The Hall–Kier alpha value is -2.37. The molecule has 1 fully saturated rings. The smallest absolute Gasteiger partial charge is 0.325 e. The molecule has 1 aliphatic rings. The van der Waals surface area contributed by atoms with E-state index < -0.39 is 5.97 Å². The predicted molar refractivity (Wildman–Crippen MR) is 93.7 cm³/mol. The first-order chi connectivity index (χ1) is 11.9. The number of amides is 2. The number of hydrogen-bond donors (Lipinski definition) is 0. The zero-order valence-corrected chi connectivity index (χ0v) is 15.2. The summed E-state index contributed by atoms with van der Waals surface area (Å²) < 4.78 is 4.58. The van der Waals surface area contributed by atoms with Crippen LogP contribution in [0.4, 0.5) is 0 Å². The number of methoxy groups -OCH3 is 1. The largest absolute Gasteiger partial charge is 0.468 e. The summed E-state index contributed by atoms with van der Waals surface area (Å²) in [7, 11) is 2.87. The summed E-state index contributed by atoms with van der Waals surface area (Å²) in [5, 5.41) is 0. The van der Waals surface area contributed by atoms with Gasteiger partial charge < -0.3 is 14.5 Å². The highest BCUT2D eigenvalue weighted by Crippen LogP contribution is 2.24. The monoisotopic (exact) mass is 346 g/mol. The highest BCUT2D eigenvalue weighted by Gasteiger charge is 2.33. The second kappa shape index (κ2) is 8.65. The van der Waals surface area contributed by atoms with Gasteiger partial charge in [-0.3, -0.25) is 14.4 Å². The van der Waals surface area contributed by atoms with Gasteiger partial charge in [-0.05, 0) is 24.0 Å². The molecule has 1 heterocycles. The number of benzene rings is 1. The van der Waals surface area contributed by atoms with Crippen LogP contribution in [0.3, 0.4) is 0 Å². The van der Waals surface area contributed by atoms with Crippen LogP contribution < -0.4 is 0 Å². The van der Waals surface area contributed by atoms with Gasteiger partial charge >= 0.3 is 5.97 Å². The minimum absolute atomic E-state index is 0.0749. The van der Waals surface area contributed by atoms with Crippen molar-refractivity contribution < 1.29 is 19.1 Å². The van der Waals surface area contributed by atoms with Gasteiger partial charge in [0.15, 0.2) is 0 Å². The lowest BCUT2D eigenvalue weighted by Gasteiger charge is -2.26. The summed E-state index contributed by atoms with van der Waals surface area (Å²) in [6.07, 6.45) is 2.34. The molecule has 1 aromatic rings. The fraction of sp³-hybridized carbons (Fsp3) is 0.526. The second-order valence-corrected chi connectivity index (χ2v) is 6.41. The average molecular weight is 346 g/mol. The molecule has 1 aliphatic heterocycles. The predicted octanol–water partition coefficient (Wildman–Crippen LogP) is 1.76. The van der Waals surface area contributed by atoms with Gasteiger partial charge in [0.2, 0.25) is 11.8 Å². The molecule has 0 aromatic heterocycles. The first kappa shape index (κ1) is 19.0. The van der Waals surface area contributed by atoms with E-state index in [2.05, 4.69) is 23.8 Å². The third-order valence-electron chi connectivity index (χ3n) is 4.67. The van der Waals surface area contributed by atoms with Gasteiger partial charge in [0.05, 0.1) is 7.11 Å². The molecule has 6 heteroatoms. The Morgan fingerprint density at radius 3 is 2.48 bits per heavy atom. The van der Waals surface area contributed by atoms with Gasteiger partial charge in [-0.15, -0.1) is 0 Å². The zero-order valence-electron chi connectivity index (χ0n) is 15.2. The Morgan fingerprint density at radius 2 is 1.88 bits per heavy atom. The first-order valence-corrected chi connectivity index (χ1v) is 8.62. The van der Waals surface area contributed by atoms with Gasteiger partial charge in [0.1, 0.15) is 6.54 Å². The molecular formula is C19H26N2O4. The number of hydrogen-bond acceptors (Lipinski definition) is 4. The van der Waals surface area contributed by atoms with Crippen LogP contribution >= 0.6 is 0 Å². The van der Waals surface area contributed by atoms with E-state index in [1.165, 1.54) is 17.6 Å². The highest BCUT2D eigenvalue weighted by atomic mass is 16.5. The third kappa shape index (κ3) is 5.05. The van der Waals surface area contributed by atoms with Crippen LogP contribution in [0.5, 0.6) is 0 Å². The number of esters is 1. The molecule has 0 aliphatic carbocycles. The SMILES string of the molecule is CCc1ccc(CN2C(=O)CCC2CC(=O)N(C)CC(=O)OC)cc1. The second-order valence-electron chi connectivity index (χ2n) is 6.41. The molecule has 0 N–H and O–H groups in total. The molecule has 6 nitrogen and oxygen atoms in total. The number of aryl methyl sites for hydroxylation is 1. The lowest BCUT2D eigenvalue weighted by molar-refractivity contribution is -0.146. The Bertz CT molecular complexity index is 627. The molecule has 25 heavy (non-hydrogen) atoms. The maximum atomic E-state index is 12.3. The Morgan fingerprint density at radius 1 is 1.24 bits per heavy atom. The van der Waals surface area contributed by atoms with Crippen LogP contribution in [0.25, 0.3) is 0 Å². The van der Waals surface area contributed by atoms with Crippen LogP contribution in [0.15, 0.2) is 24.3 Å². The molecule has 1 unspecified atom stereocenters. The van der Waals surface area contributed by atoms with E-state index in [4.69, 9.17) is 0 Å². The van der Waals surface area contributed by atoms with E-state index in [0.29, 0.717) is 19.4 Å². The van der Waals surface area contributed by atoms with Crippen molar-refractivity contribution in [1.82, 2.24) is 9.80 Å². The molecule has 1 atom stereocenters. The van der Waals surface area contributed by atoms with E-state index in [9.17, 15) is 14.4 Å². The first-order valence-electron chi connectivity index (χ1n) is 8.62. The number of ether oxygens (including phenoxy) is 1. The lowest BCUT2D eigenvalue weighted by atomic mass is 10.1. The topological polar surface area (TPSA) is 66.9 Å². The summed E-state index contributed by atoms with van der Waals surface area (Å²) in [5.74, 6) is -0.532. The summed E-state index contributed by atoms with van der Waals surface area (Å²) in [4.78, 5) is 39.0. The molecule has 0 bridgehead atoms. The van der Waals surface area contributed by atoms with Crippen LogP contribution in [0.2, 0.25) is 0 Å². The quantitative estimate of drug-likeness (QED) is 0.706. The molecule has 1 saturated heterocycles. The normalized spacial score (nSPS) is 16.8. The van der Waals surface area contributed by atoms with Gasteiger partial charge in [-0.25, -0.2) is 0 Å². The van der Waals surface area contributed by atoms with Crippen LogP contribution in [-0.4, -0.2) is 54.3 Å². The molecule has 1 aromatic carbocycles. The molecule has 0 radical (unpaired) electrons. The summed E-state index contributed by atoms with van der Waals surface area (Å²) >= 11 is 0. The van der Waals surface area contributed by atoms with Gasteiger partial charge in [-0.2, -0.15) is 0 Å². The van der Waals surface area contributed by atoms with Gasteiger partial charge in [0, 0.05) is 32.5 Å². The molecule has 0 saturated carbocycles. The summed E-state index contributed by atoms with van der Waals surface area (Å²) in [6.45, 7) is 2.54. The Balaban J connectivity index is 1.98. The highest BCUT2D eigenvalue weighted by molar-refractivity contribution is 5.84. The Labute approximate surface area is 148 Å². The van der Waals surface area contributed by atoms with Crippen LogP contribution in [0, 0.1) is 0 Å². The van der Waals surface area contributed by atoms with Crippen molar-refractivity contribution in [3.8, 4) is 0 Å². The fourth-order valence-corrected chi connectivity index (χ4v) is 3.00. The molecule has 136 valence electrons. The summed E-state index contributed by atoms with van der Waals surface area (Å²) in [6, 6.07) is 8.09. The average Bonchev–Trinajstić information content (AvgIpc) is 2.95. The summed E-state index contributed by atoms with van der Waals surface area (Å²) in [5.41, 5.74) is 2.32. The molecule has 0 spiro atoms. The van der Waals surface area contributed by atoms with E-state index in [1.54, 1.807) is 11.9 Å². The zero-order chi connectivity index (χ0) is 18.4. The minimum atomic E-state index is -0.453. The van der Waals surface area contributed by atoms with E-state index in [-0.39, 0.29) is 30.8 Å². The maximum Gasteiger partial charge on any atom is 0.325 e. The number of carbonyl (C=O) groups is 3. The number of likely N-dealkylation sites (N-methyl/N-ethyl adjacent to an activating group) is 1. The number of nitrogens with zero attached hydrogens (tertiary/aromatic N) is 2. The number of likely N-dealkylation sites (tertiary alicyclic amines) is 1. The number of rotatable bonds is 7. The van der Waals surface area contributed by atoms with Gasteiger partial charge in [0.25, 0.3) is 0 Å². The Kier molecular flexibility index (Phi) is 6.56. The number of carbonyl (C=O) groups excluding carboxylic acids is 3. The van der Waals surface area contributed by atoms with Crippen molar-refractivity contribution >= 4 is 17.8 Å². The van der Waals surface area contributed by atoms with E-state index in [0.717, 1.165) is 12.0 Å². The standard InChI is InChI=1S/C19H26N2O4/c1-4-14-5-7-15(8-6-14)12-21-16(9-10-17(21)22)11-18(23)20(2)13-19(24)25-3/h5-8,16H,4,9-13H2,1-3H3. The fourth-order valence-electron chi connectivity index (χ4n) is 3.00. The van der Waals surface area contributed by atoms with Crippen molar-refractivity contribution in [3.05, 3.63) is 35.4 Å². The minimum Gasteiger partial charge on any atom is -0.468 e. The van der Waals surface area contributed by atoms with Crippen molar-refractivity contribution in [1.29, 1.82) is 0 Å². The maximum absolute atomic E-state index is 12.3. The van der Waals surface area contributed by atoms with Gasteiger partial charge in [-0.1, -0.05) is 31.2 Å². The molecule has 2 rings (SSSR count).